The van der Waals surface area contributed by atoms with Gasteiger partial charge >= 0.3 is 5.97 Å². The lowest BCUT2D eigenvalue weighted by molar-refractivity contribution is 0.0466. The monoisotopic (exact) mass is 286 g/mol. The van der Waals surface area contributed by atoms with Crippen LogP contribution in [-0.2, 0) is 11.3 Å². The molecule has 0 saturated carbocycles. The number of aromatic nitrogens is 2. The molecule has 2 aromatic heterocycles. The first kappa shape index (κ1) is 12.7. The van der Waals surface area contributed by atoms with Gasteiger partial charge < -0.3 is 9.72 Å². The largest absolute Gasteiger partial charge is 0.456 e. The molecule has 0 aliphatic heterocycles. The van der Waals surface area contributed by atoms with Crippen molar-refractivity contribution in [2.24, 2.45) is 0 Å². The Morgan fingerprint density at radius 2 is 2.10 bits per heavy atom. The number of halogens is 1. The number of carbonyl (C=O) groups is 1. The predicted octanol–water partition coefficient (Wildman–Crippen LogP) is 3.57. The van der Waals surface area contributed by atoms with Crippen LogP contribution >= 0.6 is 11.6 Å². The molecule has 0 atom stereocenters. The van der Waals surface area contributed by atoms with Crippen LogP contribution < -0.4 is 0 Å². The van der Waals surface area contributed by atoms with Crippen LogP contribution in [0.3, 0.4) is 0 Å². The number of nitrogens with one attached hydrogen (secondary N) is 1. The molecule has 1 aromatic carbocycles. The first-order chi connectivity index (χ1) is 9.72. The fraction of sp³-hybridized carbons (Fsp3) is 0.0667. The Hall–Kier alpha value is -2.33. The van der Waals surface area contributed by atoms with E-state index in [2.05, 4.69) is 9.97 Å². The van der Waals surface area contributed by atoms with Gasteiger partial charge in [-0.05, 0) is 18.2 Å². The number of hydrogen-bond acceptors (Lipinski definition) is 3. The molecule has 0 amide bonds. The van der Waals surface area contributed by atoms with Crippen LogP contribution in [0.1, 0.15) is 16.1 Å². The predicted molar refractivity (Wildman–Crippen MR) is 76.7 cm³/mol. The first-order valence-electron chi connectivity index (χ1n) is 6.08. The number of aromatic amines is 1. The third-order valence-corrected chi connectivity index (χ3v) is 3.13. The second kappa shape index (κ2) is 5.35. The molecule has 3 rings (SSSR count). The first-order valence-corrected chi connectivity index (χ1v) is 6.45. The second-order valence-corrected chi connectivity index (χ2v) is 4.72. The zero-order chi connectivity index (χ0) is 13.9. The molecule has 4 nitrogen and oxygen atoms in total. The maximum absolute atomic E-state index is 12.0. The molecule has 0 spiro atoms. The fourth-order valence-corrected chi connectivity index (χ4v) is 2.01. The van der Waals surface area contributed by atoms with Crippen LogP contribution in [0.5, 0.6) is 0 Å². The minimum absolute atomic E-state index is 0.165. The number of carbonyl (C=O) groups excluding carboxylic acids is 1. The molecular formula is C15H11ClN2O2. The number of rotatable bonds is 3. The summed E-state index contributed by atoms with van der Waals surface area (Å²) in [6.07, 6.45) is 1.58. The zero-order valence-corrected chi connectivity index (χ0v) is 11.2. The number of nitrogens with zero attached hydrogens (tertiary/aromatic N) is 1. The van der Waals surface area contributed by atoms with Crippen LogP contribution in [-0.4, -0.2) is 15.9 Å². The summed E-state index contributed by atoms with van der Waals surface area (Å²) in [4.78, 5) is 18.9. The molecule has 0 saturated heterocycles. The minimum atomic E-state index is -0.392. The standard InChI is InChI=1S/C15H11ClN2O2/c16-14-6-5-10(8-17-14)9-20-15(19)13-7-11-3-1-2-4-12(11)18-13/h1-8,18H,9H2. The van der Waals surface area contributed by atoms with Crippen molar-refractivity contribution in [2.45, 2.75) is 6.61 Å². The van der Waals surface area contributed by atoms with E-state index in [9.17, 15) is 4.79 Å². The SMILES string of the molecule is O=C(OCc1ccc(Cl)nc1)c1cc2ccccc2[nH]1. The quantitative estimate of drug-likeness (QED) is 0.591. The van der Waals surface area contributed by atoms with Crippen molar-refractivity contribution >= 4 is 28.5 Å². The number of fused-ring (bicyclic) bond motifs is 1. The summed E-state index contributed by atoms with van der Waals surface area (Å²) in [5, 5.41) is 1.39. The van der Waals surface area contributed by atoms with Crippen molar-refractivity contribution in [2.75, 3.05) is 0 Å². The van der Waals surface area contributed by atoms with E-state index < -0.39 is 5.97 Å². The molecule has 5 heteroatoms. The number of esters is 1. The van der Waals surface area contributed by atoms with E-state index in [0.29, 0.717) is 10.8 Å². The highest BCUT2D eigenvalue weighted by molar-refractivity contribution is 6.29. The average Bonchev–Trinajstić information content (AvgIpc) is 2.90. The van der Waals surface area contributed by atoms with Gasteiger partial charge in [-0.15, -0.1) is 0 Å². The number of H-pyrrole nitrogens is 1. The van der Waals surface area contributed by atoms with E-state index in [-0.39, 0.29) is 6.61 Å². The zero-order valence-electron chi connectivity index (χ0n) is 10.5. The summed E-state index contributed by atoms with van der Waals surface area (Å²) in [5.74, 6) is -0.392. The number of pyridine rings is 1. The molecule has 100 valence electrons. The summed E-state index contributed by atoms with van der Waals surface area (Å²) < 4.78 is 5.23. The maximum Gasteiger partial charge on any atom is 0.355 e. The summed E-state index contributed by atoms with van der Waals surface area (Å²) in [6.45, 7) is 0.165. The summed E-state index contributed by atoms with van der Waals surface area (Å²) in [7, 11) is 0. The minimum Gasteiger partial charge on any atom is -0.456 e. The van der Waals surface area contributed by atoms with Crippen molar-refractivity contribution < 1.29 is 9.53 Å². The molecule has 0 bridgehead atoms. The van der Waals surface area contributed by atoms with E-state index in [1.165, 1.54) is 0 Å². The number of benzene rings is 1. The van der Waals surface area contributed by atoms with Crippen molar-refractivity contribution in [1.29, 1.82) is 0 Å². The summed E-state index contributed by atoms with van der Waals surface area (Å²) in [6, 6.07) is 12.9. The molecule has 0 aliphatic rings. The second-order valence-electron chi connectivity index (χ2n) is 4.34. The van der Waals surface area contributed by atoms with Crippen molar-refractivity contribution in [3.8, 4) is 0 Å². The van der Waals surface area contributed by atoms with Crippen LogP contribution in [0.4, 0.5) is 0 Å². The van der Waals surface area contributed by atoms with E-state index in [0.717, 1.165) is 16.5 Å². The topological polar surface area (TPSA) is 55.0 Å². The lowest BCUT2D eigenvalue weighted by Gasteiger charge is -2.03. The average molecular weight is 287 g/mol. The van der Waals surface area contributed by atoms with Gasteiger partial charge in [-0.25, -0.2) is 9.78 Å². The normalized spacial score (nSPS) is 10.7. The molecular weight excluding hydrogens is 276 g/mol. The molecule has 0 radical (unpaired) electrons. The fourth-order valence-electron chi connectivity index (χ4n) is 1.90. The Labute approximate surface area is 120 Å². The smallest absolute Gasteiger partial charge is 0.355 e. The molecule has 20 heavy (non-hydrogen) atoms. The van der Waals surface area contributed by atoms with Gasteiger partial charge in [-0.2, -0.15) is 0 Å². The van der Waals surface area contributed by atoms with E-state index in [1.54, 1.807) is 24.4 Å². The third-order valence-electron chi connectivity index (χ3n) is 2.91. The van der Waals surface area contributed by atoms with Crippen LogP contribution in [0.15, 0.2) is 48.7 Å². The number of ether oxygens (including phenoxy) is 1. The van der Waals surface area contributed by atoms with Gasteiger partial charge in [-0.3, -0.25) is 0 Å². The number of hydrogen-bond donors (Lipinski definition) is 1. The van der Waals surface area contributed by atoms with Crippen molar-refractivity contribution in [1.82, 2.24) is 9.97 Å². The Balaban J connectivity index is 1.71. The van der Waals surface area contributed by atoms with Gasteiger partial charge in [0.2, 0.25) is 0 Å². The summed E-state index contributed by atoms with van der Waals surface area (Å²) in [5.41, 5.74) is 2.14. The third kappa shape index (κ3) is 2.65. The molecule has 2 heterocycles. The van der Waals surface area contributed by atoms with E-state index in [4.69, 9.17) is 16.3 Å². The Kier molecular flexibility index (Phi) is 3.39. The molecule has 0 aliphatic carbocycles. The van der Waals surface area contributed by atoms with Gasteiger partial charge in [-0.1, -0.05) is 35.9 Å². The number of para-hydroxylation sites is 1. The summed E-state index contributed by atoms with van der Waals surface area (Å²) >= 11 is 5.69. The van der Waals surface area contributed by atoms with Crippen LogP contribution in [0, 0.1) is 0 Å². The maximum atomic E-state index is 12.0. The van der Waals surface area contributed by atoms with Gasteiger partial charge in [0.05, 0.1) is 0 Å². The van der Waals surface area contributed by atoms with Crippen LogP contribution in [0.2, 0.25) is 5.15 Å². The lowest BCUT2D eigenvalue weighted by atomic mass is 10.2. The van der Waals surface area contributed by atoms with Crippen molar-refractivity contribution in [3.63, 3.8) is 0 Å². The molecule has 0 fully saturated rings. The van der Waals surface area contributed by atoms with Gasteiger partial charge in [0.15, 0.2) is 0 Å². The lowest BCUT2D eigenvalue weighted by Crippen LogP contribution is -2.05. The Bertz CT molecular complexity index is 717. The van der Waals surface area contributed by atoms with Gasteiger partial charge in [0.1, 0.15) is 17.5 Å². The van der Waals surface area contributed by atoms with E-state index in [1.807, 2.05) is 24.3 Å². The van der Waals surface area contributed by atoms with Crippen LogP contribution in [0.25, 0.3) is 10.9 Å². The highest BCUT2D eigenvalue weighted by atomic mass is 35.5. The van der Waals surface area contributed by atoms with Crippen molar-refractivity contribution in [3.05, 3.63) is 65.1 Å². The Morgan fingerprint density at radius 1 is 1.25 bits per heavy atom. The van der Waals surface area contributed by atoms with E-state index >= 15 is 0 Å². The Morgan fingerprint density at radius 3 is 2.85 bits per heavy atom. The molecule has 0 unspecified atom stereocenters. The molecule has 1 N–H and O–H groups in total. The van der Waals surface area contributed by atoms with Gasteiger partial charge in [0.25, 0.3) is 0 Å². The highest BCUT2D eigenvalue weighted by Gasteiger charge is 2.10. The molecule has 3 aromatic rings. The van der Waals surface area contributed by atoms with Gasteiger partial charge in [0, 0.05) is 22.7 Å². The highest BCUT2D eigenvalue weighted by Crippen LogP contribution is 2.16.